The highest BCUT2D eigenvalue weighted by Crippen LogP contribution is 2.40. The first-order chi connectivity index (χ1) is 14.0. The normalized spacial score (nSPS) is 12.0. The SMILES string of the molecule is Cc1ccccc1C(=O)Nc1ccc(-c2cc(C(F)(F)F)ccc2C(F)(F)F)cc1. The molecule has 0 aliphatic carbocycles. The highest BCUT2D eigenvalue weighted by Gasteiger charge is 2.37. The predicted molar refractivity (Wildman–Crippen MR) is 101 cm³/mol. The van der Waals surface area contributed by atoms with Gasteiger partial charge in [0.15, 0.2) is 0 Å². The van der Waals surface area contributed by atoms with Gasteiger partial charge in [0.25, 0.3) is 5.91 Å². The van der Waals surface area contributed by atoms with E-state index in [-0.39, 0.29) is 5.56 Å². The minimum absolute atomic E-state index is 0.0534. The van der Waals surface area contributed by atoms with Gasteiger partial charge in [0.2, 0.25) is 0 Å². The molecule has 0 spiro atoms. The Morgan fingerprint density at radius 2 is 1.43 bits per heavy atom. The third-order valence-corrected chi connectivity index (χ3v) is 4.50. The second kappa shape index (κ2) is 7.85. The van der Waals surface area contributed by atoms with Crippen LogP contribution in [0.25, 0.3) is 11.1 Å². The molecule has 0 aromatic heterocycles. The van der Waals surface area contributed by atoms with Crippen molar-refractivity contribution in [2.75, 3.05) is 5.32 Å². The molecule has 3 rings (SSSR count). The largest absolute Gasteiger partial charge is 0.417 e. The molecule has 8 heteroatoms. The van der Waals surface area contributed by atoms with Crippen LogP contribution in [0.2, 0.25) is 0 Å². The molecule has 0 unspecified atom stereocenters. The summed E-state index contributed by atoms with van der Waals surface area (Å²) in [6.07, 6.45) is -9.60. The molecule has 156 valence electrons. The number of carbonyl (C=O) groups excluding carboxylic acids is 1. The fourth-order valence-corrected chi connectivity index (χ4v) is 2.97. The maximum Gasteiger partial charge on any atom is 0.417 e. The van der Waals surface area contributed by atoms with E-state index >= 15 is 0 Å². The minimum atomic E-state index is -4.82. The molecule has 0 aliphatic rings. The summed E-state index contributed by atoms with van der Waals surface area (Å²) in [4.78, 5) is 12.3. The van der Waals surface area contributed by atoms with Gasteiger partial charge in [-0.15, -0.1) is 0 Å². The Labute approximate surface area is 168 Å². The number of halogens is 6. The molecular formula is C22H15F6NO. The van der Waals surface area contributed by atoms with Crippen molar-refractivity contribution in [1.29, 1.82) is 0 Å². The first-order valence-electron chi connectivity index (χ1n) is 8.72. The van der Waals surface area contributed by atoms with Gasteiger partial charge in [-0.2, -0.15) is 26.3 Å². The third-order valence-electron chi connectivity index (χ3n) is 4.50. The van der Waals surface area contributed by atoms with Gasteiger partial charge in [0.1, 0.15) is 0 Å². The Kier molecular flexibility index (Phi) is 5.61. The minimum Gasteiger partial charge on any atom is -0.322 e. The van der Waals surface area contributed by atoms with Crippen molar-refractivity contribution in [3.63, 3.8) is 0 Å². The van der Waals surface area contributed by atoms with Crippen LogP contribution in [-0.2, 0) is 12.4 Å². The second-order valence-corrected chi connectivity index (χ2v) is 6.60. The number of carbonyl (C=O) groups is 1. The summed E-state index contributed by atoms with van der Waals surface area (Å²) < 4.78 is 78.9. The quantitative estimate of drug-likeness (QED) is 0.454. The van der Waals surface area contributed by atoms with Crippen LogP contribution in [0.4, 0.5) is 32.0 Å². The van der Waals surface area contributed by atoms with Crippen LogP contribution in [0.5, 0.6) is 0 Å². The van der Waals surface area contributed by atoms with Crippen LogP contribution in [0.15, 0.2) is 66.7 Å². The molecule has 1 N–H and O–H groups in total. The fourth-order valence-electron chi connectivity index (χ4n) is 2.97. The van der Waals surface area contributed by atoms with Gasteiger partial charge >= 0.3 is 12.4 Å². The molecule has 30 heavy (non-hydrogen) atoms. The van der Waals surface area contributed by atoms with E-state index in [0.29, 0.717) is 29.4 Å². The van der Waals surface area contributed by atoms with Crippen LogP contribution >= 0.6 is 0 Å². The predicted octanol–water partition coefficient (Wildman–Crippen LogP) is 6.95. The van der Waals surface area contributed by atoms with Crippen molar-refractivity contribution in [1.82, 2.24) is 0 Å². The van der Waals surface area contributed by atoms with E-state index in [2.05, 4.69) is 5.32 Å². The van der Waals surface area contributed by atoms with E-state index in [1.165, 1.54) is 24.3 Å². The van der Waals surface area contributed by atoms with Gasteiger partial charge < -0.3 is 5.32 Å². The lowest BCUT2D eigenvalue weighted by Gasteiger charge is -2.16. The highest BCUT2D eigenvalue weighted by molar-refractivity contribution is 6.05. The first-order valence-corrected chi connectivity index (χ1v) is 8.72. The highest BCUT2D eigenvalue weighted by atomic mass is 19.4. The average molecular weight is 423 g/mol. The molecule has 0 fully saturated rings. The van der Waals surface area contributed by atoms with Crippen molar-refractivity contribution >= 4 is 11.6 Å². The van der Waals surface area contributed by atoms with E-state index in [0.717, 1.165) is 5.56 Å². The molecule has 0 bridgehead atoms. The summed E-state index contributed by atoms with van der Waals surface area (Å²) in [6.45, 7) is 1.75. The van der Waals surface area contributed by atoms with Gasteiger partial charge in [-0.25, -0.2) is 0 Å². The van der Waals surface area contributed by atoms with E-state index in [1.807, 2.05) is 0 Å². The summed E-state index contributed by atoms with van der Waals surface area (Å²) in [7, 11) is 0. The lowest BCUT2D eigenvalue weighted by atomic mass is 9.96. The van der Waals surface area contributed by atoms with Crippen molar-refractivity contribution in [3.8, 4) is 11.1 Å². The topological polar surface area (TPSA) is 29.1 Å². The summed E-state index contributed by atoms with van der Waals surface area (Å²) in [5.41, 5.74) is -1.53. The Hall–Kier alpha value is -3.29. The Bertz CT molecular complexity index is 1070. The molecule has 0 saturated heterocycles. The van der Waals surface area contributed by atoms with E-state index in [1.54, 1.807) is 31.2 Å². The molecule has 0 saturated carbocycles. The number of nitrogens with one attached hydrogen (secondary N) is 1. The van der Waals surface area contributed by atoms with Crippen molar-refractivity contribution in [2.45, 2.75) is 19.3 Å². The fraction of sp³-hybridized carbons (Fsp3) is 0.136. The van der Waals surface area contributed by atoms with Crippen LogP contribution in [-0.4, -0.2) is 5.91 Å². The summed E-state index contributed by atoms with van der Waals surface area (Å²) in [5, 5.41) is 2.62. The van der Waals surface area contributed by atoms with Crippen molar-refractivity contribution < 1.29 is 31.1 Å². The molecule has 1 amide bonds. The summed E-state index contributed by atoms with van der Waals surface area (Å²) in [6, 6.07) is 13.3. The van der Waals surface area contributed by atoms with Crippen LogP contribution < -0.4 is 5.32 Å². The van der Waals surface area contributed by atoms with Gasteiger partial charge in [-0.05, 0) is 60.0 Å². The number of hydrogen-bond donors (Lipinski definition) is 1. The zero-order valence-corrected chi connectivity index (χ0v) is 15.5. The standard InChI is InChI=1S/C22H15F6NO/c1-13-4-2-3-5-17(13)20(30)29-16-9-6-14(7-10-16)18-12-15(21(23,24)25)8-11-19(18)22(26,27)28/h2-12H,1H3,(H,29,30). The maximum absolute atomic E-state index is 13.3. The number of aryl methyl sites for hydroxylation is 1. The van der Waals surface area contributed by atoms with E-state index < -0.39 is 35.0 Å². The number of anilines is 1. The Balaban J connectivity index is 1.94. The average Bonchev–Trinajstić information content (AvgIpc) is 2.67. The summed E-state index contributed by atoms with van der Waals surface area (Å²) >= 11 is 0. The number of alkyl halides is 6. The molecule has 0 aliphatic heterocycles. The number of hydrogen-bond acceptors (Lipinski definition) is 1. The van der Waals surface area contributed by atoms with Crippen molar-refractivity contribution in [3.05, 3.63) is 89.0 Å². The molecule has 0 heterocycles. The molecule has 0 radical (unpaired) electrons. The van der Waals surface area contributed by atoms with Crippen LogP contribution in [0.3, 0.4) is 0 Å². The summed E-state index contributed by atoms with van der Waals surface area (Å²) in [5.74, 6) is -0.407. The van der Waals surface area contributed by atoms with Gasteiger partial charge in [-0.3, -0.25) is 4.79 Å². The third kappa shape index (κ3) is 4.64. The number of benzene rings is 3. The zero-order valence-electron chi connectivity index (χ0n) is 15.5. The van der Waals surface area contributed by atoms with Crippen LogP contribution in [0.1, 0.15) is 27.0 Å². The molecule has 0 atom stereocenters. The zero-order chi connectivity index (χ0) is 22.1. The second-order valence-electron chi connectivity index (χ2n) is 6.60. The van der Waals surface area contributed by atoms with Crippen molar-refractivity contribution in [2.24, 2.45) is 0 Å². The monoisotopic (exact) mass is 423 g/mol. The van der Waals surface area contributed by atoms with E-state index in [9.17, 15) is 31.1 Å². The molecule has 3 aromatic rings. The van der Waals surface area contributed by atoms with Gasteiger partial charge in [0.05, 0.1) is 11.1 Å². The molecule has 2 nitrogen and oxygen atoms in total. The van der Waals surface area contributed by atoms with Gasteiger partial charge in [-0.1, -0.05) is 30.3 Å². The lowest BCUT2D eigenvalue weighted by Crippen LogP contribution is -2.13. The van der Waals surface area contributed by atoms with Gasteiger partial charge in [0, 0.05) is 11.3 Å². The first kappa shape index (κ1) is 21.4. The molecular weight excluding hydrogens is 408 g/mol. The lowest BCUT2D eigenvalue weighted by molar-refractivity contribution is -0.141. The molecule has 3 aromatic carbocycles. The van der Waals surface area contributed by atoms with E-state index in [4.69, 9.17) is 0 Å². The van der Waals surface area contributed by atoms with Crippen LogP contribution in [0, 0.1) is 6.92 Å². The smallest absolute Gasteiger partial charge is 0.322 e. The number of rotatable bonds is 3. The Morgan fingerprint density at radius 1 is 0.800 bits per heavy atom. The number of amides is 1. The Morgan fingerprint density at radius 3 is 2.00 bits per heavy atom. The maximum atomic E-state index is 13.3.